The molecule has 0 radical (unpaired) electrons. The van der Waals surface area contributed by atoms with Gasteiger partial charge in [-0.3, -0.25) is 15.0 Å². The molecule has 11 nitrogen and oxygen atoms in total. The Morgan fingerprint density at radius 2 is 2.07 bits per heavy atom. The lowest BCUT2D eigenvalue weighted by molar-refractivity contribution is -0.123. The second-order valence-electron chi connectivity index (χ2n) is 5.96. The Labute approximate surface area is 162 Å². The number of carbonyl (C=O) groups excluding carboxylic acids is 2. The molecule has 1 aromatic heterocycles. The zero-order valence-electron chi connectivity index (χ0n) is 15.9. The van der Waals surface area contributed by atoms with Gasteiger partial charge in [0.25, 0.3) is 0 Å². The molecule has 0 spiro atoms. The molecule has 0 saturated carbocycles. The molecule has 2 fully saturated rings. The van der Waals surface area contributed by atoms with Crippen LogP contribution >= 0.6 is 0 Å². The molecule has 0 unspecified atom stereocenters. The van der Waals surface area contributed by atoms with Crippen LogP contribution in [0.3, 0.4) is 0 Å². The summed E-state index contributed by atoms with van der Waals surface area (Å²) in [6, 6.07) is 1.56. The Bertz CT molecular complexity index is 639. The van der Waals surface area contributed by atoms with Crippen molar-refractivity contribution in [2.75, 3.05) is 26.4 Å². The molecule has 2 aliphatic heterocycles. The molecule has 2 saturated heterocycles. The first-order valence-corrected chi connectivity index (χ1v) is 9.11. The van der Waals surface area contributed by atoms with E-state index in [-0.39, 0.29) is 31.9 Å². The molecule has 3 atom stereocenters. The normalized spacial score (nSPS) is 24.3. The van der Waals surface area contributed by atoms with E-state index in [0.29, 0.717) is 25.1 Å². The number of rotatable bonds is 6. The number of hydrogen-bond donors (Lipinski definition) is 3. The van der Waals surface area contributed by atoms with E-state index in [1.54, 1.807) is 12.3 Å². The van der Waals surface area contributed by atoms with Crippen molar-refractivity contribution in [3.05, 3.63) is 12.3 Å². The molecule has 3 N–H and O–H groups in total. The average molecular weight is 398 g/mol. The fraction of sp³-hybridized carbons (Fsp3) is 0.647. The number of carbonyl (C=O) groups is 2. The average Bonchev–Trinajstić information content (AvgIpc) is 3.03. The predicted octanol–water partition coefficient (Wildman–Crippen LogP) is -0.329. The van der Waals surface area contributed by atoms with E-state index >= 15 is 0 Å². The second kappa shape index (κ2) is 10.7. The third-order valence-electron chi connectivity index (χ3n) is 3.99. The number of aliphatic hydroxyl groups is 2. The van der Waals surface area contributed by atoms with E-state index in [0.717, 1.165) is 0 Å². The standard InChI is InChI=1S/C9H14N2O5.C8H12N2O2/c12-4-6-5(13)3-8(16-6)11-2-1-7(14)10-9(11)15;1-3-11-7-5-6-9-8(10-7)12-4-2/h5-6,8,12-13H,1-4H2,(H,10,14,15);5-6H,3-4H2,1-2H3/t5-,6+,8+;/m0./s1. The van der Waals surface area contributed by atoms with Crippen molar-refractivity contribution in [1.29, 1.82) is 0 Å². The number of ether oxygens (including phenoxy) is 3. The molecule has 3 heterocycles. The van der Waals surface area contributed by atoms with Crippen molar-refractivity contribution in [3.63, 3.8) is 0 Å². The van der Waals surface area contributed by atoms with Gasteiger partial charge >= 0.3 is 12.0 Å². The SMILES string of the molecule is CCOc1ccnc(OCC)n1.O=C1CCN([C@H]2C[C@H](O)[C@@H](CO)O2)C(=O)N1. The summed E-state index contributed by atoms with van der Waals surface area (Å²) in [6.45, 7) is 4.95. The molecular weight excluding hydrogens is 372 g/mol. The van der Waals surface area contributed by atoms with Crippen molar-refractivity contribution in [2.45, 2.75) is 45.1 Å². The smallest absolute Gasteiger partial charge is 0.326 e. The van der Waals surface area contributed by atoms with Gasteiger partial charge in [0.05, 0.1) is 25.9 Å². The number of nitrogens with zero attached hydrogens (tertiary/aromatic N) is 3. The Hall–Kier alpha value is -2.50. The molecule has 11 heteroatoms. The number of urea groups is 1. The van der Waals surface area contributed by atoms with Crippen LogP contribution in [0.25, 0.3) is 0 Å². The van der Waals surface area contributed by atoms with Crippen LogP contribution in [0.2, 0.25) is 0 Å². The minimum atomic E-state index is -0.777. The minimum absolute atomic E-state index is 0.228. The van der Waals surface area contributed by atoms with E-state index in [4.69, 9.17) is 19.3 Å². The molecule has 156 valence electrons. The Kier molecular flexibility index (Phi) is 8.36. The molecule has 3 rings (SSSR count). The Morgan fingerprint density at radius 3 is 2.68 bits per heavy atom. The van der Waals surface area contributed by atoms with Gasteiger partial charge < -0.3 is 24.4 Å². The summed E-state index contributed by atoms with van der Waals surface area (Å²) in [4.78, 5) is 31.6. The first-order valence-electron chi connectivity index (χ1n) is 9.11. The maximum atomic E-state index is 11.5. The van der Waals surface area contributed by atoms with Crippen LogP contribution in [-0.2, 0) is 9.53 Å². The maximum Gasteiger partial charge on any atom is 0.326 e. The van der Waals surface area contributed by atoms with E-state index < -0.39 is 24.5 Å². The van der Waals surface area contributed by atoms with Crippen LogP contribution in [0, 0.1) is 0 Å². The van der Waals surface area contributed by atoms with Gasteiger partial charge in [0.15, 0.2) is 0 Å². The van der Waals surface area contributed by atoms with Crippen molar-refractivity contribution in [1.82, 2.24) is 20.2 Å². The largest absolute Gasteiger partial charge is 0.478 e. The van der Waals surface area contributed by atoms with Gasteiger partial charge in [0.2, 0.25) is 11.8 Å². The van der Waals surface area contributed by atoms with Crippen molar-refractivity contribution in [3.8, 4) is 11.9 Å². The number of nitrogens with one attached hydrogen (secondary N) is 1. The van der Waals surface area contributed by atoms with Gasteiger partial charge in [-0.2, -0.15) is 4.98 Å². The number of imide groups is 1. The van der Waals surface area contributed by atoms with Gasteiger partial charge in [-0.1, -0.05) is 0 Å². The van der Waals surface area contributed by atoms with E-state index in [9.17, 15) is 14.7 Å². The summed E-state index contributed by atoms with van der Waals surface area (Å²) < 4.78 is 15.6. The Morgan fingerprint density at radius 1 is 1.32 bits per heavy atom. The van der Waals surface area contributed by atoms with Crippen LogP contribution < -0.4 is 14.8 Å². The number of aliphatic hydroxyl groups excluding tert-OH is 2. The summed E-state index contributed by atoms with van der Waals surface area (Å²) >= 11 is 0. The highest BCUT2D eigenvalue weighted by atomic mass is 16.5. The summed E-state index contributed by atoms with van der Waals surface area (Å²) in [5.74, 6) is 0.245. The quantitative estimate of drug-likeness (QED) is 0.587. The van der Waals surface area contributed by atoms with Gasteiger partial charge in [-0.05, 0) is 13.8 Å². The second-order valence-corrected chi connectivity index (χ2v) is 5.96. The molecule has 3 amide bonds. The molecular formula is C17H26N4O7. The van der Waals surface area contributed by atoms with Gasteiger partial charge in [0, 0.05) is 31.6 Å². The summed E-state index contributed by atoms with van der Waals surface area (Å²) in [7, 11) is 0. The van der Waals surface area contributed by atoms with Crippen molar-refractivity contribution in [2.24, 2.45) is 0 Å². The molecule has 0 aromatic carbocycles. The maximum absolute atomic E-state index is 11.5. The summed E-state index contributed by atoms with van der Waals surface area (Å²) in [6.07, 6.45) is 0.0949. The molecule has 28 heavy (non-hydrogen) atoms. The summed E-state index contributed by atoms with van der Waals surface area (Å²) in [5.41, 5.74) is 0. The lowest BCUT2D eigenvalue weighted by Gasteiger charge is -2.31. The summed E-state index contributed by atoms with van der Waals surface area (Å²) in [5, 5.41) is 20.6. The highest BCUT2D eigenvalue weighted by Crippen LogP contribution is 2.24. The van der Waals surface area contributed by atoms with E-state index in [2.05, 4.69) is 15.3 Å². The highest BCUT2D eigenvalue weighted by Gasteiger charge is 2.40. The fourth-order valence-electron chi connectivity index (χ4n) is 2.68. The van der Waals surface area contributed by atoms with Crippen molar-refractivity contribution < 1.29 is 34.0 Å². The highest BCUT2D eigenvalue weighted by molar-refractivity contribution is 5.96. The van der Waals surface area contributed by atoms with Gasteiger partial charge in [-0.25, -0.2) is 9.78 Å². The van der Waals surface area contributed by atoms with Crippen LogP contribution in [0.1, 0.15) is 26.7 Å². The zero-order chi connectivity index (χ0) is 20.5. The van der Waals surface area contributed by atoms with Crippen LogP contribution in [0.4, 0.5) is 4.79 Å². The van der Waals surface area contributed by atoms with Crippen LogP contribution in [-0.4, -0.2) is 81.8 Å². The lowest BCUT2D eigenvalue weighted by Crippen LogP contribution is -2.53. The van der Waals surface area contributed by atoms with E-state index in [1.165, 1.54) is 4.90 Å². The molecule has 1 aromatic rings. The molecule has 0 aliphatic carbocycles. The van der Waals surface area contributed by atoms with E-state index in [1.807, 2.05) is 13.8 Å². The Balaban J connectivity index is 0.000000209. The third kappa shape index (κ3) is 6.01. The van der Waals surface area contributed by atoms with Crippen molar-refractivity contribution >= 4 is 11.9 Å². The fourth-order valence-corrected chi connectivity index (χ4v) is 2.68. The number of hydrogen-bond acceptors (Lipinski definition) is 9. The lowest BCUT2D eigenvalue weighted by atomic mass is 10.2. The third-order valence-corrected chi connectivity index (χ3v) is 3.99. The predicted molar refractivity (Wildman–Crippen MR) is 95.6 cm³/mol. The van der Waals surface area contributed by atoms with Crippen LogP contribution in [0.15, 0.2) is 12.3 Å². The topological polar surface area (TPSA) is 143 Å². The number of aromatic nitrogens is 2. The number of amides is 3. The minimum Gasteiger partial charge on any atom is -0.478 e. The molecule has 2 aliphatic rings. The zero-order valence-corrected chi connectivity index (χ0v) is 15.9. The first-order chi connectivity index (χ1) is 13.5. The van der Waals surface area contributed by atoms with Gasteiger partial charge in [-0.15, -0.1) is 0 Å². The van der Waals surface area contributed by atoms with Gasteiger partial charge in [0.1, 0.15) is 12.3 Å². The van der Waals surface area contributed by atoms with Crippen LogP contribution in [0.5, 0.6) is 11.9 Å². The molecule has 0 bridgehead atoms. The monoisotopic (exact) mass is 398 g/mol. The first kappa shape index (κ1) is 21.8.